The summed E-state index contributed by atoms with van der Waals surface area (Å²) in [6.07, 6.45) is 0. The zero-order valence-electron chi connectivity index (χ0n) is 14.2. The fourth-order valence-electron chi connectivity index (χ4n) is 1.87. The number of carbonyl (C=O) groups excluding carboxylic acids is 2. The summed E-state index contributed by atoms with van der Waals surface area (Å²) in [6.45, 7) is 4.00. The summed E-state index contributed by atoms with van der Waals surface area (Å²) in [7, 11) is 2.60. The van der Waals surface area contributed by atoms with Crippen molar-refractivity contribution in [2.75, 3.05) is 12.4 Å². The molecule has 0 spiro atoms. The Balaban J connectivity index is 0.00000163. The maximum Gasteiger partial charge on any atom is 0.340 e. The molecule has 0 heterocycles. The van der Waals surface area contributed by atoms with Crippen LogP contribution in [-0.2, 0) is 13.8 Å². The number of halogens is 2. The fourth-order valence-corrected chi connectivity index (χ4v) is 3.00. The van der Waals surface area contributed by atoms with Crippen LogP contribution in [0.2, 0.25) is 0 Å². The van der Waals surface area contributed by atoms with Crippen LogP contribution in [0.15, 0.2) is 51.8 Å². The molecule has 0 unspecified atom stereocenters. The lowest BCUT2D eigenvalue weighted by Crippen LogP contribution is -2.15. The minimum atomic E-state index is -3.86. The number of esters is 1. The van der Waals surface area contributed by atoms with Crippen LogP contribution in [0.1, 0.15) is 34.6 Å². The van der Waals surface area contributed by atoms with Crippen LogP contribution in [0.5, 0.6) is 0 Å². The molecule has 0 aliphatic carbocycles. The molecule has 1 N–H and O–H groups in total. The summed E-state index contributed by atoms with van der Waals surface area (Å²) in [5.74, 6) is -1.11. The van der Waals surface area contributed by atoms with Crippen molar-refractivity contribution in [3.63, 3.8) is 0 Å². The lowest BCUT2D eigenvalue weighted by Gasteiger charge is -2.10. The van der Waals surface area contributed by atoms with Crippen LogP contribution in [0, 0.1) is 0 Å². The van der Waals surface area contributed by atoms with Crippen LogP contribution < -0.4 is 5.32 Å². The maximum absolute atomic E-state index is 12.3. The van der Waals surface area contributed by atoms with Gasteiger partial charge in [-0.15, -0.1) is 0 Å². The second-order valence-electron chi connectivity index (χ2n) is 4.60. The molecular weight excluding hydrogens is 446 g/mol. The molecule has 2 rings (SSSR count). The number of hydrogen-bond donors (Lipinski definition) is 1. The molecule has 1 amide bonds. The Hall–Kier alpha value is -1.90. The highest BCUT2D eigenvalue weighted by molar-refractivity contribution is 9.10. The molecule has 2 aromatic rings. The van der Waals surface area contributed by atoms with E-state index in [4.69, 9.17) is 10.7 Å². The van der Waals surface area contributed by atoms with E-state index >= 15 is 0 Å². The molecule has 26 heavy (non-hydrogen) atoms. The Kier molecular flexibility index (Phi) is 8.26. The molecule has 0 saturated heterocycles. The third kappa shape index (κ3) is 5.82. The number of methoxy groups -OCH3 is 1. The van der Waals surface area contributed by atoms with Gasteiger partial charge in [-0.1, -0.05) is 29.8 Å². The van der Waals surface area contributed by atoms with E-state index in [2.05, 4.69) is 26.0 Å². The molecule has 0 radical (unpaired) electrons. The van der Waals surface area contributed by atoms with Gasteiger partial charge in [-0.25, -0.2) is 13.2 Å². The molecule has 0 bridgehead atoms. The van der Waals surface area contributed by atoms with Crippen molar-refractivity contribution in [2.45, 2.75) is 18.7 Å². The van der Waals surface area contributed by atoms with E-state index in [1.807, 2.05) is 13.8 Å². The molecule has 140 valence electrons. The first-order valence-corrected chi connectivity index (χ1v) is 10.6. The summed E-state index contributed by atoms with van der Waals surface area (Å²) in [5.41, 5.74) is 0.655. The second kappa shape index (κ2) is 9.70. The lowest BCUT2D eigenvalue weighted by molar-refractivity contribution is 0.0602. The Morgan fingerprint density at radius 1 is 1.08 bits per heavy atom. The lowest BCUT2D eigenvalue weighted by atomic mass is 10.1. The zero-order valence-corrected chi connectivity index (χ0v) is 17.4. The van der Waals surface area contributed by atoms with Gasteiger partial charge in [0.1, 0.15) is 0 Å². The van der Waals surface area contributed by atoms with Gasteiger partial charge in [0.15, 0.2) is 0 Å². The number of hydrogen-bond acceptors (Lipinski definition) is 5. The fraction of sp³-hybridized carbons (Fsp3) is 0.176. The summed E-state index contributed by atoms with van der Waals surface area (Å²) in [5, 5.41) is 2.58. The first-order chi connectivity index (χ1) is 12.2. The number of ether oxygens (including phenoxy) is 1. The van der Waals surface area contributed by atoms with E-state index in [0.717, 1.165) is 0 Å². The predicted octanol–water partition coefficient (Wildman–Crippen LogP) is 4.44. The van der Waals surface area contributed by atoms with Crippen molar-refractivity contribution in [3.8, 4) is 0 Å². The van der Waals surface area contributed by atoms with Gasteiger partial charge in [0.2, 0.25) is 0 Å². The van der Waals surface area contributed by atoms with Crippen molar-refractivity contribution in [1.29, 1.82) is 0 Å². The van der Waals surface area contributed by atoms with Crippen molar-refractivity contribution in [3.05, 3.63) is 58.1 Å². The Morgan fingerprint density at radius 3 is 2.15 bits per heavy atom. The normalized spacial score (nSPS) is 10.3. The number of benzene rings is 2. The molecule has 0 aliphatic heterocycles. The molecule has 2 aromatic carbocycles. The number of anilines is 1. The molecule has 0 aromatic heterocycles. The number of rotatable bonds is 4. The van der Waals surface area contributed by atoms with Gasteiger partial charge in [-0.2, -0.15) is 0 Å². The highest BCUT2D eigenvalue weighted by Gasteiger charge is 2.16. The van der Waals surface area contributed by atoms with E-state index in [-0.39, 0.29) is 21.7 Å². The van der Waals surface area contributed by atoms with E-state index < -0.39 is 20.9 Å². The van der Waals surface area contributed by atoms with Crippen molar-refractivity contribution < 1.29 is 22.7 Å². The third-order valence-corrected chi connectivity index (χ3v) is 4.90. The highest BCUT2D eigenvalue weighted by atomic mass is 79.9. The third-order valence-electron chi connectivity index (χ3n) is 3.03. The minimum absolute atomic E-state index is 0.111. The predicted molar refractivity (Wildman–Crippen MR) is 104 cm³/mol. The van der Waals surface area contributed by atoms with Crippen molar-refractivity contribution in [1.82, 2.24) is 0 Å². The van der Waals surface area contributed by atoms with Gasteiger partial charge in [0.25, 0.3) is 15.0 Å². The molecule has 0 fully saturated rings. The van der Waals surface area contributed by atoms with E-state index in [1.165, 1.54) is 37.4 Å². The van der Waals surface area contributed by atoms with Crippen LogP contribution in [0.3, 0.4) is 0 Å². The maximum atomic E-state index is 12.3. The molecule has 0 atom stereocenters. The molecule has 9 heteroatoms. The molecular formula is C17H17BrClNO5S. The average molecular weight is 463 g/mol. The van der Waals surface area contributed by atoms with Crippen LogP contribution >= 0.6 is 26.6 Å². The first kappa shape index (κ1) is 22.1. The van der Waals surface area contributed by atoms with E-state index in [1.54, 1.807) is 12.1 Å². The smallest absolute Gasteiger partial charge is 0.340 e. The van der Waals surface area contributed by atoms with Crippen LogP contribution in [0.25, 0.3) is 0 Å². The monoisotopic (exact) mass is 461 g/mol. The van der Waals surface area contributed by atoms with Gasteiger partial charge in [0.05, 0.1) is 23.3 Å². The SMILES string of the molecule is CC.COC(=O)c1cc(Br)ccc1NC(=O)c1ccc(S(=O)(=O)Cl)cc1. The summed E-state index contributed by atoms with van der Waals surface area (Å²) >= 11 is 3.24. The van der Waals surface area contributed by atoms with Crippen LogP contribution in [-0.4, -0.2) is 27.4 Å². The quantitative estimate of drug-likeness (QED) is 0.536. The molecule has 0 aliphatic rings. The molecule has 0 saturated carbocycles. The van der Waals surface area contributed by atoms with Gasteiger partial charge in [0, 0.05) is 20.7 Å². The molecule has 6 nitrogen and oxygen atoms in total. The number of amides is 1. The summed E-state index contributed by atoms with van der Waals surface area (Å²) in [4.78, 5) is 23.9. The van der Waals surface area contributed by atoms with Gasteiger partial charge < -0.3 is 10.1 Å². The van der Waals surface area contributed by atoms with Crippen molar-refractivity contribution >= 4 is 53.2 Å². The number of nitrogens with one attached hydrogen (secondary N) is 1. The first-order valence-electron chi connectivity index (χ1n) is 7.46. The summed E-state index contributed by atoms with van der Waals surface area (Å²) in [6, 6.07) is 9.81. The Bertz CT molecular complexity index is 898. The topological polar surface area (TPSA) is 89.5 Å². The van der Waals surface area contributed by atoms with Gasteiger partial charge in [-0.3, -0.25) is 4.79 Å². The van der Waals surface area contributed by atoms with Gasteiger partial charge in [-0.05, 0) is 42.5 Å². The standard InChI is InChI=1S/C15H11BrClNO5S.C2H6/c1-23-15(20)12-8-10(16)4-7-13(12)18-14(19)9-2-5-11(6-3-9)24(17,21)22;1-2/h2-8H,1H3,(H,18,19);1-2H3. The Morgan fingerprint density at radius 2 is 1.65 bits per heavy atom. The second-order valence-corrected chi connectivity index (χ2v) is 8.08. The number of carbonyl (C=O) groups is 2. The Labute approximate surface area is 165 Å². The van der Waals surface area contributed by atoms with E-state index in [9.17, 15) is 18.0 Å². The van der Waals surface area contributed by atoms with Gasteiger partial charge >= 0.3 is 5.97 Å². The highest BCUT2D eigenvalue weighted by Crippen LogP contribution is 2.23. The average Bonchev–Trinajstić information content (AvgIpc) is 2.63. The van der Waals surface area contributed by atoms with Crippen molar-refractivity contribution in [2.24, 2.45) is 0 Å². The largest absolute Gasteiger partial charge is 0.465 e. The zero-order chi connectivity index (χ0) is 19.9. The minimum Gasteiger partial charge on any atom is -0.465 e. The van der Waals surface area contributed by atoms with Crippen LogP contribution in [0.4, 0.5) is 5.69 Å². The van der Waals surface area contributed by atoms with E-state index in [0.29, 0.717) is 4.47 Å². The summed E-state index contributed by atoms with van der Waals surface area (Å²) < 4.78 is 27.7.